The predicted octanol–water partition coefficient (Wildman–Crippen LogP) is 2.30. The summed E-state index contributed by atoms with van der Waals surface area (Å²) in [6, 6.07) is 3.50. The van der Waals surface area contributed by atoms with Gasteiger partial charge in [0.15, 0.2) is 0 Å². The minimum absolute atomic E-state index is 0.00621. The molecule has 6 heteroatoms. The van der Waals surface area contributed by atoms with Crippen molar-refractivity contribution in [3.8, 4) is 0 Å². The van der Waals surface area contributed by atoms with E-state index in [-0.39, 0.29) is 23.9 Å². The average molecular weight is 333 g/mol. The zero-order valence-corrected chi connectivity index (χ0v) is 14.6. The van der Waals surface area contributed by atoms with Crippen molar-refractivity contribution in [3.05, 3.63) is 42.2 Å². The summed E-state index contributed by atoms with van der Waals surface area (Å²) in [6.07, 6.45) is 6.72. The van der Waals surface area contributed by atoms with Crippen LogP contribution in [-0.4, -0.2) is 50.3 Å². The maximum Gasteiger partial charge on any atom is 0.247 e. The smallest absolute Gasteiger partial charge is 0.247 e. The van der Waals surface area contributed by atoms with E-state index in [0.717, 1.165) is 5.56 Å². The lowest BCUT2D eigenvalue weighted by molar-refractivity contribution is -0.143. The summed E-state index contributed by atoms with van der Waals surface area (Å²) in [5.74, 6) is 1.13. The molecule has 2 amide bonds. The maximum absolute atomic E-state index is 13.0. The Hall–Kier alpha value is -1.82. The molecule has 1 aliphatic heterocycles. The Bertz CT molecular complexity index is 574. The van der Waals surface area contributed by atoms with Gasteiger partial charge in [-0.1, -0.05) is 12.1 Å². The Labute approximate surface area is 141 Å². The summed E-state index contributed by atoms with van der Waals surface area (Å²) in [5.41, 5.74) is 0.992. The summed E-state index contributed by atoms with van der Waals surface area (Å²) >= 11 is 1.62. The number of hydrogen-bond donors (Lipinski definition) is 0. The Balaban J connectivity index is 2.15. The second-order valence-electron chi connectivity index (χ2n) is 5.74. The normalized spacial score (nSPS) is 17.9. The topological polar surface area (TPSA) is 53.5 Å². The Morgan fingerprint density at radius 1 is 1.52 bits per heavy atom. The molecule has 1 aromatic heterocycles. The SMILES string of the molecule is C/C=C/C(=O)N1CSC[C@H]1C(=O)N(Cc1cccnc1)C(C)C. The van der Waals surface area contributed by atoms with Gasteiger partial charge in [0.05, 0.1) is 5.88 Å². The number of hydrogen-bond acceptors (Lipinski definition) is 4. The third-order valence-electron chi connectivity index (χ3n) is 3.74. The number of nitrogens with zero attached hydrogens (tertiary/aromatic N) is 3. The van der Waals surface area contributed by atoms with Crippen LogP contribution in [-0.2, 0) is 16.1 Å². The quantitative estimate of drug-likeness (QED) is 0.776. The molecule has 0 unspecified atom stereocenters. The molecule has 1 atom stereocenters. The van der Waals surface area contributed by atoms with Crippen LogP contribution in [0.4, 0.5) is 0 Å². The van der Waals surface area contributed by atoms with Crippen molar-refractivity contribution in [2.75, 3.05) is 11.6 Å². The Morgan fingerprint density at radius 3 is 2.91 bits per heavy atom. The number of aromatic nitrogens is 1. The zero-order valence-electron chi connectivity index (χ0n) is 13.8. The molecule has 23 heavy (non-hydrogen) atoms. The number of rotatable bonds is 5. The van der Waals surface area contributed by atoms with Crippen molar-refractivity contribution in [1.82, 2.24) is 14.8 Å². The van der Waals surface area contributed by atoms with Crippen molar-refractivity contribution < 1.29 is 9.59 Å². The molecule has 1 saturated heterocycles. The highest BCUT2D eigenvalue weighted by Crippen LogP contribution is 2.24. The number of allylic oxidation sites excluding steroid dienone is 1. The summed E-state index contributed by atoms with van der Waals surface area (Å²) in [4.78, 5) is 32.7. The van der Waals surface area contributed by atoms with Gasteiger partial charge in [-0.05, 0) is 38.5 Å². The van der Waals surface area contributed by atoms with Gasteiger partial charge in [-0.25, -0.2) is 0 Å². The average Bonchev–Trinajstić information content (AvgIpc) is 3.02. The molecule has 2 rings (SSSR count). The van der Waals surface area contributed by atoms with E-state index in [0.29, 0.717) is 18.2 Å². The van der Waals surface area contributed by atoms with E-state index in [1.165, 1.54) is 6.08 Å². The minimum Gasteiger partial charge on any atom is -0.334 e. The first-order valence-electron chi connectivity index (χ1n) is 7.75. The number of carbonyl (C=O) groups excluding carboxylic acids is 2. The molecule has 0 aromatic carbocycles. The molecule has 1 fully saturated rings. The molecule has 2 heterocycles. The highest BCUT2D eigenvalue weighted by Gasteiger charge is 2.36. The molecule has 0 bridgehead atoms. The van der Waals surface area contributed by atoms with Crippen LogP contribution in [0.1, 0.15) is 26.3 Å². The fraction of sp³-hybridized carbons (Fsp3) is 0.471. The molecule has 0 aliphatic carbocycles. The molecule has 1 aromatic rings. The van der Waals surface area contributed by atoms with E-state index in [9.17, 15) is 9.59 Å². The second kappa shape index (κ2) is 8.15. The van der Waals surface area contributed by atoms with E-state index in [1.807, 2.05) is 30.9 Å². The second-order valence-corrected chi connectivity index (χ2v) is 6.74. The van der Waals surface area contributed by atoms with Gasteiger partial charge in [0, 0.05) is 30.7 Å². The van der Waals surface area contributed by atoms with Crippen molar-refractivity contribution in [2.24, 2.45) is 0 Å². The lowest BCUT2D eigenvalue weighted by Gasteiger charge is -2.32. The van der Waals surface area contributed by atoms with E-state index < -0.39 is 0 Å². The van der Waals surface area contributed by atoms with Crippen LogP contribution in [0.25, 0.3) is 0 Å². The molecule has 5 nitrogen and oxygen atoms in total. The van der Waals surface area contributed by atoms with Crippen LogP contribution in [0.15, 0.2) is 36.7 Å². The molecule has 1 aliphatic rings. The summed E-state index contributed by atoms with van der Waals surface area (Å²) in [5, 5.41) is 0. The fourth-order valence-corrected chi connectivity index (χ4v) is 3.65. The molecule has 0 N–H and O–H groups in total. The third-order valence-corrected chi connectivity index (χ3v) is 4.75. The molecule has 0 spiro atoms. The van der Waals surface area contributed by atoms with Crippen LogP contribution < -0.4 is 0 Å². The lowest BCUT2D eigenvalue weighted by atomic mass is 10.1. The number of pyridine rings is 1. The van der Waals surface area contributed by atoms with Gasteiger partial charge in [0.1, 0.15) is 6.04 Å². The highest BCUT2D eigenvalue weighted by molar-refractivity contribution is 7.99. The van der Waals surface area contributed by atoms with Gasteiger partial charge in [-0.2, -0.15) is 0 Å². The fourth-order valence-electron chi connectivity index (χ4n) is 2.50. The van der Waals surface area contributed by atoms with Crippen LogP contribution >= 0.6 is 11.8 Å². The van der Waals surface area contributed by atoms with Crippen molar-refractivity contribution in [2.45, 2.75) is 39.4 Å². The van der Waals surface area contributed by atoms with Gasteiger partial charge < -0.3 is 9.80 Å². The zero-order chi connectivity index (χ0) is 16.8. The van der Waals surface area contributed by atoms with Crippen LogP contribution in [0, 0.1) is 0 Å². The molecule has 0 saturated carbocycles. The van der Waals surface area contributed by atoms with E-state index in [1.54, 1.807) is 42.1 Å². The first-order chi connectivity index (χ1) is 11.0. The predicted molar refractivity (Wildman–Crippen MR) is 92.7 cm³/mol. The molecular weight excluding hydrogens is 310 g/mol. The van der Waals surface area contributed by atoms with Gasteiger partial charge in [-0.15, -0.1) is 11.8 Å². The van der Waals surface area contributed by atoms with Crippen molar-refractivity contribution in [3.63, 3.8) is 0 Å². The van der Waals surface area contributed by atoms with Gasteiger partial charge >= 0.3 is 0 Å². The highest BCUT2D eigenvalue weighted by atomic mass is 32.2. The Kier molecular flexibility index (Phi) is 6.21. The third kappa shape index (κ3) is 4.34. The van der Waals surface area contributed by atoms with Gasteiger partial charge in [0.25, 0.3) is 0 Å². The number of carbonyl (C=O) groups is 2. The number of thioether (sulfide) groups is 1. The van der Waals surface area contributed by atoms with Crippen LogP contribution in [0.5, 0.6) is 0 Å². The van der Waals surface area contributed by atoms with Crippen LogP contribution in [0.3, 0.4) is 0 Å². The number of amides is 2. The van der Waals surface area contributed by atoms with Crippen molar-refractivity contribution >= 4 is 23.6 Å². The standard InChI is InChI=1S/C17H23N3O2S/c1-4-6-16(21)20-12-23-11-15(20)17(22)19(13(2)3)10-14-7-5-8-18-9-14/h4-9,13,15H,10-12H2,1-3H3/b6-4+/t15-/m0/s1. The van der Waals surface area contributed by atoms with Gasteiger partial charge in [-0.3, -0.25) is 14.6 Å². The Morgan fingerprint density at radius 2 is 2.30 bits per heavy atom. The monoisotopic (exact) mass is 333 g/mol. The van der Waals surface area contributed by atoms with E-state index >= 15 is 0 Å². The van der Waals surface area contributed by atoms with Gasteiger partial charge in [0.2, 0.25) is 11.8 Å². The summed E-state index contributed by atoms with van der Waals surface area (Å²) in [7, 11) is 0. The largest absolute Gasteiger partial charge is 0.334 e. The lowest BCUT2D eigenvalue weighted by Crippen LogP contribution is -2.50. The van der Waals surface area contributed by atoms with Crippen molar-refractivity contribution in [1.29, 1.82) is 0 Å². The van der Waals surface area contributed by atoms with Crippen LogP contribution in [0.2, 0.25) is 0 Å². The first-order valence-corrected chi connectivity index (χ1v) is 8.90. The van der Waals surface area contributed by atoms with E-state index in [4.69, 9.17) is 0 Å². The molecule has 124 valence electrons. The summed E-state index contributed by atoms with van der Waals surface area (Å²) < 4.78 is 0. The first kappa shape index (κ1) is 17.5. The molecule has 0 radical (unpaired) electrons. The van der Waals surface area contributed by atoms with E-state index in [2.05, 4.69) is 4.98 Å². The summed E-state index contributed by atoms with van der Waals surface area (Å²) in [6.45, 7) is 6.31. The maximum atomic E-state index is 13.0. The molecular formula is C17H23N3O2S. The minimum atomic E-state index is -0.386.